The number of carboxylic acid groups (broad SMARTS) is 1. The van der Waals surface area contributed by atoms with Crippen molar-refractivity contribution < 1.29 is 9.90 Å². The van der Waals surface area contributed by atoms with Gasteiger partial charge in [0.1, 0.15) is 10.3 Å². The maximum absolute atomic E-state index is 11.0. The molecule has 1 unspecified atom stereocenters. The third-order valence-corrected chi connectivity index (χ3v) is 4.80. The van der Waals surface area contributed by atoms with Crippen molar-refractivity contribution in [3.8, 4) is 0 Å². The molecule has 0 spiro atoms. The van der Waals surface area contributed by atoms with E-state index in [4.69, 9.17) is 5.11 Å². The third kappa shape index (κ3) is 2.71. The molecule has 7 heteroatoms. The van der Waals surface area contributed by atoms with E-state index >= 15 is 0 Å². The molecule has 6 nitrogen and oxygen atoms in total. The Bertz CT molecular complexity index is 679. The molecule has 1 aliphatic rings. The van der Waals surface area contributed by atoms with Crippen molar-refractivity contribution >= 4 is 33.5 Å². The predicted molar refractivity (Wildman–Crippen MR) is 83.0 cm³/mol. The van der Waals surface area contributed by atoms with Crippen LogP contribution in [0.5, 0.6) is 0 Å². The maximum Gasteiger partial charge on any atom is 0.409 e. The molecule has 112 valence electrons. The number of amides is 1. The van der Waals surface area contributed by atoms with Gasteiger partial charge in [-0.25, -0.2) is 14.8 Å². The standard InChI is InChI=1S/C14H18N4O2S/c1-8(18-5-3-4-6-18)11-10(17-14(19)20)7-15-13-12(11)16-9(2)21-13/h7-8,17H,3-6H2,1-2H3,(H,19,20). The molecule has 0 aliphatic carbocycles. The summed E-state index contributed by atoms with van der Waals surface area (Å²) in [6, 6.07) is 0.126. The highest BCUT2D eigenvalue weighted by molar-refractivity contribution is 7.18. The highest BCUT2D eigenvalue weighted by atomic mass is 32.1. The number of fused-ring (bicyclic) bond motifs is 1. The lowest BCUT2D eigenvalue weighted by atomic mass is 10.1. The van der Waals surface area contributed by atoms with Crippen LogP contribution in [0.3, 0.4) is 0 Å². The van der Waals surface area contributed by atoms with Gasteiger partial charge in [0.05, 0.1) is 16.9 Å². The number of hydrogen-bond donors (Lipinski definition) is 2. The number of carbonyl (C=O) groups is 1. The topological polar surface area (TPSA) is 78.4 Å². The van der Waals surface area contributed by atoms with Gasteiger partial charge in [-0.1, -0.05) is 11.3 Å². The Morgan fingerprint density at radius 3 is 2.86 bits per heavy atom. The lowest BCUT2D eigenvalue weighted by Gasteiger charge is -2.26. The smallest absolute Gasteiger partial charge is 0.409 e. The van der Waals surface area contributed by atoms with Crippen molar-refractivity contribution in [3.63, 3.8) is 0 Å². The van der Waals surface area contributed by atoms with E-state index in [1.807, 2.05) is 6.92 Å². The molecular formula is C14H18N4O2S. The first-order valence-corrected chi connectivity index (χ1v) is 7.88. The van der Waals surface area contributed by atoms with Gasteiger partial charge in [0, 0.05) is 11.6 Å². The number of aryl methyl sites for hydroxylation is 1. The van der Waals surface area contributed by atoms with Gasteiger partial charge < -0.3 is 5.11 Å². The molecule has 1 amide bonds. The van der Waals surface area contributed by atoms with Crippen LogP contribution in [-0.2, 0) is 0 Å². The summed E-state index contributed by atoms with van der Waals surface area (Å²) in [5, 5.41) is 12.5. The SMILES string of the molecule is Cc1nc2c(C(C)N3CCCC3)c(NC(=O)O)cnc2s1. The average Bonchev–Trinajstić information content (AvgIpc) is 3.05. The van der Waals surface area contributed by atoms with Crippen LogP contribution in [0.1, 0.15) is 36.4 Å². The predicted octanol–water partition coefficient (Wildman–Crippen LogP) is 3.25. The van der Waals surface area contributed by atoms with Gasteiger partial charge in [-0.15, -0.1) is 0 Å². The van der Waals surface area contributed by atoms with E-state index in [-0.39, 0.29) is 6.04 Å². The first-order valence-electron chi connectivity index (χ1n) is 7.06. The molecule has 3 heterocycles. The number of thiazole rings is 1. The largest absolute Gasteiger partial charge is 0.465 e. The first-order chi connectivity index (χ1) is 10.1. The lowest BCUT2D eigenvalue weighted by molar-refractivity contribution is 0.209. The van der Waals surface area contributed by atoms with Crippen molar-refractivity contribution in [1.82, 2.24) is 14.9 Å². The van der Waals surface area contributed by atoms with Gasteiger partial charge in [-0.05, 0) is 39.8 Å². The van der Waals surface area contributed by atoms with Crippen LogP contribution < -0.4 is 5.32 Å². The van der Waals surface area contributed by atoms with E-state index in [1.165, 1.54) is 24.2 Å². The Labute approximate surface area is 126 Å². The number of anilines is 1. The zero-order valence-electron chi connectivity index (χ0n) is 12.1. The Kier molecular flexibility index (Phi) is 3.77. The van der Waals surface area contributed by atoms with E-state index in [0.717, 1.165) is 34.0 Å². The Balaban J connectivity index is 2.12. The molecule has 1 saturated heterocycles. The molecule has 2 N–H and O–H groups in total. The molecule has 0 saturated carbocycles. The summed E-state index contributed by atoms with van der Waals surface area (Å²) in [4.78, 5) is 23.2. The Hall–Kier alpha value is -1.73. The molecule has 0 bridgehead atoms. The van der Waals surface area contributed by atoms with Crippen LogP contribution in [-0.4, -0.2) is 39.2 Å². The quantitative estimate of drug-likeness (QED) is 0.910. The van der Waals surface area contributed by atoms with E-state index in [2.05, 4.69) is 27.1 Å². The zero-order valence-corrected chi connectivity index (χ0v) is 12.9. The number of hydrogen-bond acceptors (Lipinski definition) is 5. The number of nitrogens with zero attached hydrogens (tertiary/aromatic N) is 3. The molecular weight excluding hydrogens is 288 g/mol. The molecule has 2 aromatic rings. The summed E-state index contributed by atoms with van der Waals surface area (Å²) in [6.07, 6.45) is 2.92. The summed E-state index contributed by atoms with van der Waals surface area (Å²) in [7, 11) is 0. The van der Waals surface area contributed by atoms with Gasteiger partial charge in [-0.3, -0.25) is 10.2 Å². The van der Waals surface area contributed by atoms with Crippen LogP contribution >= 0.6 is 11.3 Å². The summed E-state index contributed by atoms with van der Waals surface area (Å²) in [5.41, 5.74) is 2.30. The van der Waals surface area contributed by atoms with Gasteiger partial charge in [0.15, 0.2) is 0 Å². The molecule has 3 rings (SSSR count). The summed E-state index contributed by atoms with van der Waals surface area (Å²) in [6.45, 7) is 6.14. The van der Waals surface area contributed by atoms with Crippen LogP contribution in [0, 0.1) is 6.92 Å². The summed E-state index contributed by atoms with van der Waals surface area (Å²) in [5.74, 6) is 0. The number of rotatable bonds is 3. The zero-order chi connectivity index (χ0) is 15.0. The van der Waals surface area contributed by atoms with Crippen molar-refractivity contribution in [2.45, 2.75) is 32.7 Å². The van der Waals surface area contributed by atoms with Crippen LogP contribution in [0.2, 0.25) is 0 Å². The van der Waals surface area contributed by atoms with Crippen LogP contribution in [0.4, 0.5) is 10.5 Å². The van der Waals surface area contributed by atoms with Crippen molar-refractivity contribution in [3.05, 3.63) is 16.8 Å². The van der Waals surface area contributed by atoms with Gasteiger partial charge in [0.25, 0.3) is 0 Å². The van der Waals surface area contributed by atoms with Gasteiger partial charge in [0.2, 0.25) is 0 Å². The second-order valence-electron chi connectivity index (χ2n) is 5.32. The molecule has 2 aromatic heterocycles. The number of aromatic nitrogens is 2. The van der Waals surface area contributed by atoms with Crippen LogP contribution in [0.25, 0.3) is 10.3 Å². The van der Waals surface area contributed by atoms with Gasteiger partial charge in [-0.2, -0.15) is 0 Å². The number of nitrogens with one attached hydrogen (secondary N) is 1. The fourth-order valence-electron chi connectivity index (χ4n) is 2.95. The number of likely N-dealkylation sites (tertiary alicyclic amines) is 1. The average molecular weight is 306 g/mol. The number of pyridine rings is 1. The van der Waals surface area contributed by atoms with E-state index in [9.17, 15) is 4.79 Å². The normalized spacial score (nSPS) is 17.2. The second-order valence-corrected chi connectivity index (χ2v) is 6.50. The highest BCUT2D eigenvalue weighted by Gasteiger charge is 2.26. The fourth-order valence-corrected chi connectivity index (χ4v) is 3.72. The minimum atomic E-state index is -1.07. The van der Waals surface area contributed by atoms with Crippen LogP contribution in [0.15, 0.2) is 6.20 Å². The monoisotopic (exact) mass is 306 g/mol. The summed E-state index contributed by atoms with van der Waals surface area (Å²) < 4.78 is 0. The molecule has 0 aromatic carbocycles. The molecule has 21 heavy (non-hydrogen) atoms. The lowest BCUT2D eigenvalue weighted by Crippen LogP contribution is -2.25. The third-order valence-electron chi connectivity index (χ3n) is 3.92. The van der Waals surface area contributed by atoms with E-state index in [1.54, 1.807) is 6.20 Å². The fraction of sp³-hybridized carbons (Fsp3) is 0.500. The molecule has 0 radical (unpaired) electrons. The van der Waals surface area contributed by atoms with Crippen molar-refractivity contribution in [1.29, 1.82) is 0 Å². The Morgan fingerprint density at radius 2 is 2.19 bits per heavy atom. The Morgan fingerprint density at radius 1 is 1.48 bits per heavy atom. The maximum atomic E-state index is 11.0. The van der Waals surface area contributed by atoms with E-state index in [0.29, 0.717) is 5.69 Å². The molecule has 1 fully saturated rings. The minimum Gasteiger partial charge on any atom is -0.465 e. The summed E-state index contributed by atoms with van der Waals surface area (Å²) >= 11 is 1.54. The molecule has 1 atom stereocenters. The van der Waals surface area contributed by atoms with Crippen molar-refractivity contribution in [2.75, 3.05) is 18.4 Å². The van der Waals surface area contributed by atoms with Crippen molar-refractivity contribution in [2.24, 2.45) is 0 Å². The van der Waals surface area contributed by atoms with E-state index < -0.39 is 6.09 Å². The van der Waals surface area contributed by atoms with Gasteiger partial charge >= 0.3 is 6.09 Å². The minimum absolute atomic E-state index is 0.126. The first kappa shape index (κ1) is 14.2. The second kappa shape index (κ2) is 5.57. The highest BCUT2D eigenvalue weighted by Crippen LogP contribution is 2.36. The molecule has 1 aliphatic heterocycles.